The number of furan rings is 1. The van der Waals surface area contributed by atoms with Crippen molar-refractivity contribution in [1.82, 2.24) is 30.4 Å². The molecule has 2 atom stereocenters. The summed E-state index contributed by atoms with van der Waals surface area (Å²) in [5, 5.41) is 15.8. The first kappa shape index (κ1) is 24.0. The molecule has 2 aromatic carbocycles. The number of fused-ring (bicyclic) bond motifs is 1. The summed E-state index contributed by atoms with van der Waals surface area (Å²) in [5.41, 5.74) is 0.988. The van der Waals surface area contributed by atoms with E-state index in [2.05, 4.69) is 25.5 Å². The van der Waals surface area contributed by atoms with Crippen LogP contribution in [0.15, 0.2) is 59.2 Å². The van der Waals surface area contributed by atoms with E-state index in [1.54, 1.807) is 13.4 Å². The first-order valence-electron chi connectivity index (χ1n) is 12.0. The van der Waals surface area contributed by atoms with E-state index in [1.807, 2.05) is 60.5 Å². The van der Waals surface area contributed by atoms with Crippen molar-refractivity contribution >= 4 is 16.7 Å². The predicted octanol–water partition coefficient (Wildman–Crippen LogP) is 2.99. The van der Waals surface area contributed by atoms with E-state index < -0.39 is 0 Å². The maximum atomic E-state index is 13.5. The third-order valence-electron chi connectivity index (χ3n) is 6.76. The van der Waals surface area contributed by atoms with Crippen molar-refractivity contribution in [2.45, 2.75) is 31.6 Å². The van der Waals surface area contributed by atoms with Crippen LogP contribution in [0.5, 0.6) is 5.75 Å². The second-order valence-corrected chi connectivity index (χ2v) is 9.04. The van der Waals surface area contributed by atoms with Crippen molar-refractivity contribution in [3.8, 4) is 5.75 Å². The van der Waals surface area contributed by atoms with Crippen molar-refractivity contribution in [2.75, 3.05) is 33.8 Å². The molecule has 0 radical (unpaired) electrons. The van der Waals surface area contributed by atoms with Crippen molar-refractivity contribution in [2.24, 2.45) is 0 Å². The number of aromatic nitrogens is 4. The monoisotopic (exact) mass is 490 g/mol. The molecule has 0 spiro atoms. The molecule has 0 unspecified atom stereocenters. The first-order chi connectivity index (χ1) is 17.6. The Labute approximate surface area is 209 Å². The summed E-state index contributed by atoms with van der Waals surface area (Å²) in [4.78, 5) is 17.7. The number of benzene rings is 2. The lowest BCUT2D eigenvalue weighted by Gasteiger charge is -2.32. The van der Waals surface area contributed by atoms with Crippen LogP contribution < -0.4 is 4.74 Å². The highest BCUT2D eigenvalue weighted by molar-refractivity contribution is 5.88. The van der Waals surface area contributed by atoms with Gasteiger partial charge in [0, 0.05) is 44.6 Å². The number of H-pyrrole nitrogens is 1. The number of likely N-dealkylation sites (tertiary alicyclic amines) is 1. The second kappa shape index (κ2) is 10.9. The summed E-state index contributed by atoms with van der Waals surface area (Å²) in [6.45, 7) is 2.65. The van der Waals surface area contributed by atoms with E-state index in [4.69, 9.17) is 13.9 Å². The summed E-state index contributed by atoms with van der Waals surface area (Å²) in [6, 6.07) is 15.5. The van der Waals surface area contributed by atoms with E-state index in [-0.39, 0.29) is 31.1 Å². The third-order valence-corrected chi connectivity index (χ3v) is 6.76. The Morgan fingerprint density at radius 3 is 2.97 bits per heavy atom. The average Bonchev–Trinajstić information content (AvgIpc) is 3.67. The number of tetrazole rings is 1. The Morgan fingerprint density at radius 2 is 2.17 bits per heavy atom. The minimum atomic E-state index is -0.178. The number of carbonyl (C=O) groups excluding carboxylic acids is 1. The van der Waals surface area contributed by atoms with E-state index in [0.29, 0.717) is 23.9 Å². The summed E-state index contributed by atoms with van der Waals surface area (Å²) in [6.07, 6.45) is 3.09. The van der Waals surface area contributed by atoms with Gasteiger partial charge < -0.3 is 18.8 Å². The highest BCUT2D eigenvalue weighted by Gasteiger charge is 2.29. The average molecular weight is 491 g/mol. The Bertz CT molecular complexity index is 1290. The quantitative estimate of drug-likeness (QED) is 0.361. The molecule has 1 aliphatic rings. The second-order valence-electron chi connectivity index (χ2n) is 9.04. The molecule has 5 rings (SSSR count). The molecule has 0 aliphatic carbocycles. The molecule has 36 heavy (non-hydrogen) atoms. The number of methoxy groups -OCH3 is 1. The van der Waals surface area contributed by atoms with Crippen LogP contribution in [0.4, 0.5) is 0 Å². The van der Waals surface area contributed by atoms with Crippen molar-refractivity contribution in [1.29, 1.82) is 0 Å². The molecule has 1 amide bonds. The van der Waals surface area contributed by atoms with Gasteiger partial charge in [0.1, 0.15) is 11.5 Å². The van der Waals surface area contributed by atoms with Crippen LogP contribution >= 0.6 is 0 Å². The molecule has 0 bridgehead atoms. The zero-order valence-electron chi connectivity index (χ0n) is 20.5. The van der Waals surface area contributed by atoms with Crippen LogP contribution in [0.1, 0.15) is 29.6 Å². The number of hydrogen-bond acceptors (Lipinski definition) is 8. The van der Waals surface area contributed by atoms with Gasteiger partial charge in [-0.3, -0.25) is 9.69 Å². The first-order valence-corrected chi connectivity index (χ1v) is 12.0. The Balaban J connectivity index is 1.36. The van der Waals surface area contributed by atoms with Gasteiger partial charge in [0.25, 0.3) is 0 Å². The van der Waals surface area contributed by atoms with Gasteiger partial charge in [-0.25, -0.2) is 0 Å². The minimum absolute atomic E-state index is 0.0132. The molecule has 3 heterocycles. The van der Waals surface area contributed by atoms with Crippen LogP contribution in [0, 0.1) is 0 Å². The zero-order chi connectivity index (χ0) is 24.9. The number of hydrogen-bond donors (Lipinski definition) is 1. The molecule has 188 valence electrons. The van der Waals surface area contributed by atoms with Gasteiger partial charge >= 0.3 is 0 Å². The van der Waals surface area contributed by atoms with Gasteiger partial charge in [-0.1, -0.05) is 41.6 Å². The number of aromatic amines is 1. The van der Waals surface area contributed by atoms with Gasteiger partial charge in [0.15, 0.2) is 6.61 Å². The summed E-state index contributed by atoms with van der Waals surface area (Å²) in [7, 11) is 3.61. The molecule has 2 aromatic heterocycles. The Kier molecular flexibility index (Phi) is 7.24. The van der Waals surface area contributed by atoms with Gasteiger partial charge in [-0.2, -0.15) is 5.21 Å². The predicted molar refractivity (Wildman–Crippen MR) is 132 cm³/mol. The van der Waals surface area contributed by atoms with Crippen LogP contribution in [0.3, 0.4) is 0 Å². The van der Waals surface area contributed by atoms with Crippen LogP contribution in [-0.2, 0) is 22.6 Å². The number of ether oxygens (including phenoxy) is 2. The molecule has 4 aromatic rings. The van der Waals surface area contributed by atoms with Gasteiger partial charge in [0.05, 0.1) is 24.8 Å². The van der Waals surface area contributed by atoms with E-state index in [9.17, 15) is 4.79 Å². The molecule has 1 fully saturated rings. The summed E-state index contributed by atoms with van der Waals surface area (Å²) < 4.78 is 17.2. The molecular formula is C26H30N6O4. The van der Waals surface area contributed by atoms with Crippen molar-refractivity contribution in [3.63, 3.8) is 0 Å². The molecule has 10 heteroatoms. The van der Waals surface area contributed by atoms with Gasteiger partial charge in [-0.15, -0.1) is 10.2 Å². The third kappa shape index (κ3) is 5.39. The fraction of sp³-hybridized carbons (Fsp3) is 0.385. The number of nitrogens with one attached hydrogen (secondary N) is 1. The lowest BCUT2D eigenvalue weighted by Crippen LogP contribution is -2.39. The normalized spacial score (nSPS) is 16.9. The molecule has 1 saturated heterocycles. The smallest absolute Gasteiger partial charge is 0.230 e. The van der Waals surface area contributed by atoms with Crippen LogP contribution in [0.2, 0.25) is 0 Å². The van der Waals surface area contributed by atoms with Crippen molar-refractivity contribution < 1.29 is 18.7 Å². The van der Waals surface area contributed by atoms with E-state index >= 15 is 0 Å². The zero-order valence-corrected chi connectivity index (χ0v) is 20.5. The maximum absolute atomic E-state index is 13.5. The maximum Gasteiger partial charge on any atom is 0.230 e. The number of rotatable bonds is 10. The topological polar surface area (TPSA) is 110 Å². The fourth-order valence-corrected chi connectivity index (χ4v) is 4.68. The molecule has 1 N–H and O–H groups in total. The SMILES string of the molecule is CO[C@@H]1CCN(C[C@H](c2cccc(OCc3nn[nH]n3)c2)N(C)C(=O)Cc2occ3ccccc23)C1. The Morgan fingerprint density at radius 1 is 1.28 bits per heavy atom. The minimum Gasteiger partial charge on any atom is -0.485 e. The lowest BCUT2D eigenvalue weighted by atomic mass is 10.0. The molecule has 10 nitrogen and oxygen atoms in total. The number of amides is 1. The number of nitrogens with zero attached hydrogens (tertiary/aromatic N) is 5. The molecular weight excluding hydrogens is 460 g/mol. The standard InChI is InChI=1S/C26H30N6O4/c1-31(26(33)13-24-22-9-4-3-6-19(22)16-36-24)23(15-32-11-10-21(14-32)34-2)18-7-5-8-20(12-18)35-17-25-27-29-30-28-25/h3-9,12,16,21,23H,10-11,13-15,17H2,1-2H3,(H,27,28,29,30)/t21-,23-/m1/s1. The number of carbonyl (C=O) groups is 1. The highest BCUT2D eigenvalue weighted by Crippen LogP contribution is 2.28. The van der Waals surface area contributed by atoms with Crippen molar-refractivity contribution in [3.05, 3.63) is 71.9 Å². The van der Waals surface area contributed by atoms with Crippen LogP contribution in [-0.4, -0.2) is 76.2 Å². The fourth-order valence-electron chi connectivity index (χ4n) is 4.68. The molecule has 1 aliphatic heterocycles. The van der Waals surface area contributed by atoms with Gasteiger partial charge in [0.2, 0.25) is 11.7 Å². The molecule has 0 saturated carbocycles. The lowest BCUT2D eigenvalue weighted by molar-refractivity contribution is -0.132. The highest BCUT2D eigenvalue weighted by atomic mass is 16.5. The summed E-state index contributed by atoms with van der Waals surface area (Å²) >= 11 is 0. The largest absolute Gasteiger partial charge is 0.485 e. The van der Waals surface area contributed by atoms with Gasteiger partial charge in [-0.05, 0) is 24.1 Å². The van der Waals surface area contributed by atoms with E-state index in [0.717, 1.165) is 35.8 Å². The van der Waals surface area contributed by atoms with Crippen LogP contribution in [0.25, 0.3) is 10.8 Å². The Hall–Kier alpha value is -3.76. The number of likely N-dealkylation sites (N-methyl/N-ethyl adjacent to an activating group) is 1. The summed E-state index contributed by atoms with van der Waals surface area (Å²) in [5.74, 6) is 1.81. The van der Waals surface area contributed by atoms with E-state index in [1.165, 1.54) is 0 Å².